The molecule has 0 radical (unpaired) electrons. The summed E-state index contributed by atoms with van der Waals surface area (Å²) in [4.78, 5) is 3.04. The van der Waals surface area contributed by atoms with Gasteiger partial charge in [0.1, 0.15) is 0 Å². The average molecular weight is 196 g/mol. The van der Waals surface area contributed by atoms with Gasteiger partial charge >= 0.3 is 5.69 Å². The first-order valence-electron chi connectivity index (χ1n) is 4.91. The summed E-state index contributed by atoms with van der Waals surface area (Å²) in [6.07, 6.45) is 1.90. The van der Waals surface area contributed by atoms with Crippen LogP contribution in [-0.2, 0) is 12.8 Å². The number of rotatable bonds is 0. The third-order valence-electron chi connectivity index (χ3n) is 3.03. The van der Waals surface area contributed by atoms with E-state index >= 15 is 0 Å². The Kier molecular flexibility index (Phi) is 1.49. The highest BCUT2D eigenvalue weighted by Crippen LogP contribution is 2.40. The first-order chi connectivity index (χ1) is 7.31. The number of nitrogens with zero attached hydrogens (tertiary/aromatic N) is 2. The van der Waals surface area contributed by atoms with E-state index in [9.17, 15) is 5.11 Å². The lowest BCUT2D eigenvalue weighted by Gasteiger charge is -2.08. The second kappa shape index (κ2) is 2.71. The van der Waals surface area contributed by atoms with Crippen LogP contribution in [0.25, 0.3) is 15.7 Å². The minimum absolute atomic E-state index is 0.150. The topological polar surface area (TPSA) is 51.2 Å². The lowest BCUT2D eigenvalue weighted by atomic mass is 10.0. The van der Waals surface area contributed by atoms with Gasteiger partial charge in [0.05, 0.1) is 0 Å². The van der Waals surface area contributed by atoms with Gasteiger partial charge < -0.3 is 5.11 Å². The van der Waals surface area contributed by atoms with E-state index in [-0.39, 0.29) is 11.4 Å². The molecule has 0 atom stereocenters. The number of hydrogen-bond donors (Lipinski definition) is 0. The molecular weight excluding hydrogens is 188 g/mol. The predicted octanol–water partition coefficient (Wildman–Crippen LogP) is 2.50. The van der Waals surface area contributed by atoms with Crippen molar-refractivity contribution in [1.29, 1.82) is 5.39 Å². The minimum Gasteiger partial charge on any atom is -0.867 e. The maximum absolute atomic E-state index is 11.8. The Morgan fingerprint density at radius 2 is 2.00 bits per heavy atom. The molecular formula is C12H8N2O. The summed E-state index contributed by atoms with van der Waals surface area (Å²) in [5.41, 5.74) is 2.49. The molecule has 1 aliphatic carbocycles. The van der Waals surface area contributed by atoms with Gasteiger partial charge in [-0.05, 0) is 40.5 Å². The second-order valence-electron chi connectivity index (χ2n) is 3.82. The Labute approximate surface area is 86.6 Å². The van der Waals surface area contributed by atoms with Crippen LogP contribution in [0.3, 0.4) is 0 Å². The van der Waals surface area contributed by atoms with E-state index in [1.165, 1.54) is 5.56 Å². The smallest absolute Gasteiger partial charge is 0.378 e. The maximum Gasteiger partial charge on any atom is 0.378 e. The molecule has 0 aliphatic heterocycles. The van der Waals surface area contributed by atoms with E-state index in [2.05, 4.69) is 4.98 Å². The Hall–Kier alpha value is -2.08. The molecule has 0 bridgehead atoms. The van der Waals surface area contributed by atoms with Gasteiger partial charge in [-0.2, -0.15) is 0 Å². The lowest BCUT2D eigenvalue weighted by molar-refractivity contribution is -0.264. The summed E-state index contributed by atoms with van der Waals surface area (Å²) >= 11 is 0. The van der Waals surface area contributed by atoms with Crippen LogP contribution in [0.2, 0.25) is 0 Å². The molecule has 72 valence electrons. The van der Waals surface area contributed by atoms with Crippen LogP contribution < -0.4 is 5.11 Å². The van der Waals surface area contributed by atoms with E-state index in [4.69, 9.17) is 5.39 Å². The number of aryl methyl sites for hydroxylation is 2. The predicted molar refractivity (Wildman–Crippen MR) is 55.5 cm³/mol. The molecule has 3 heteroatoms. The molecule has 0 amide bonds. The molecule has 2 aromatic rings. The molecule has 0 unspecified atom stereocenters. The Morgan fingerprint density at radius 3 is 2.80 bits per heavy atom. The van der Waals surface area contributed by atoms with Crippen LogP contribution in [0.4, 0.5) is 5.69 Å². The molecule has 0 aromatic heterocycles. The second-order valence-corrected chi connectivity index (χ2v) is 3.82. The van der Waals surface area contributed by atoms with E-state index in [1.807, 2.05) is 12.1 Å². The molecule has 0 saturated heterocycles. The Morgan fingerprint density at radius 1 is 1.20 bits per heavy atom. The van der Waals surface area contributed by atoms with Crippen molar-refractivity contribution in [2.24, 2.45) is 0 Å². The van der Waals surface area contributed by atoms with Gasteiger partial charge in [-0.15, -0.1) is 0 Å². The van der Waals surface area contributed by atoms with Crippen molar-refractivity contribution in [3.63, 3.8) is 0 Å². The zero-order valence-corrected chi connectivity index (χ0v) is 8.03. The van der Waals surface area contributed by atoms with Gasteiger partial charge in [-0.3, -0.25) is 0 Å². The highest BCUT2D eigenvalue weighted by molar-refractivity contribution is 5.98. The number of benzene rings is 2. The maximum atomic E-state index is 11.8. The van der Waals surface area contributed by atoms with Crippen LogP contribution in [0.15, 0.2) is 24.3 Å². The summed E-state index contributed by atoms with van der Waals surface area (Å²) in [6, 6.07) is 7.43. The fraction of sp³-hybridized carbons (Fsp3) is 0.167. The molecule has 0 N–H and O–H groups in total. The summed E-state index contributed by atoms with van der Waals surface area (Å²) in [5.74, 6) is -0.181. The lowest BCUT2D eigenvalue weighted by Crippen LogP contribution is -1.92. The fourth-order valence-corrected chi connectivity index (χ4v) is 2.36. The third-order valence-corrected chi connectivity index (χ3v) is 3.03. The molecule has 3 nitrogen and oxygen atoms in total. The minimum atomic E-state index is -0.181. The van der Waals surface area contributed by atoms with Gasteiger partial charge in [0.2, 0.25) is 5.39 Å². The van der Waals surface area contributed by atoms with Crippen molar-refractivity contribution < 1.29 is 5.11 Å². The first-order valence-corrected chi connectivity index (χ1v) is 4.91. The van der Waals surface area contributed by atoms with Crippen molar-refractivity contribution in [1.82, 2.24) is 0 Å². The van der Waals surface area contributed by atoms with Crippen molar-refractivity contribution in [2.45, 2.75) is 12.8 Å². The molecule has 0 heterocycles. The SMILES string of the molecule is N#[N+]c1cc2c3c(cccc3c1[O-])CC2. The average Bonchev–Trinajstić information content (AvgIpc) is 2.68. The van der Waals surface area contributed by atoms with Crippen LogP contribution in [0.1, 0.15) is 11.1 Å². The summed E-state index contributed by atoms with van der Waals surface area (Å²) in [6.45, 7) is 0. The molecule has 1 aliphatic rings. The first kappa shape index (κ1) is 8.25. The highest BCUT2D eigenvalue weighted by atomic mass is 16.3. The van der Waals surface area contributed by atoms with Crippen molar-refractivity contribution in [3.8, 4) is 5.75 Å². The van der Waals surface area contributed by atoms with E-state index in [0.29, 0.717) is 5.39 Å². The van der Waals surface area contributed by atoms with E-state index in [1.54, 1.807) is 12.1 Å². The standard InChI is InChI=1S/C12H8N2O/c13-14-10-6-8-5-4-7-2-1-3-9(11(7)8)12(10)15/h1-3,6H,4-5H2. The Bertz CT molecular complexity index is 611. The quantitative estimate of drug-likeness (QED) is 0.608. The van der Waals surface area contributed by atoms with Gasteiger partial charge in [0, 0.05) is 6.07 Å². The zero-order valence-electron chi connectivity index (χ0n) is 8.03. The molecule has 2 aromatic carbocycles. The zero-order chi connectivity index (χ0) is 10.4. The van der Waals surface area contributed by atoms with Crippen LogP contribution in [-0.4, -0.2) is 0 Å². The normalized spacial score (nSPS) is 13.0. The number of hydrogen-bond acceptors (Lipinski definition) is 2. The highest BCUT2D eigenvalue weighted by Gasteiger charge is 2.20. The third kappa shape index (κ3) is 0.962. The summed E-state index contributed by atoms with van der Waals surface area (Å²) in [5, 5.41) is 22.3. The molecule has 0 fully saturated rings. The monoisotopic (exact) mass is 196 g/mol. The van der Waals surface area contributed by atoms with Crippen LogP contribution in [0, 0.1) is 5.39 Å². The molecule has 0 spiro atoms. The van der Waals surface area contributed by atoms with E-state index in [0.717, 1.165) is 23.8 Å². The summed E-state index contributed by atoms with van der Waals surface area (Å²) in [7, 11) is 0. The van der Waals surface area contributed by atoms with Gasteiger partial charge in [0.15, 0.2) is 4.98 Å². The van der Waals surface area contributed by atoms with Crippen molar-refractivity contribution in [2.75, 3.05) is 0 Å². The summed E-state index contributed by atoms with van der Waals surface area (Å²) < 4.78 is 0. The van der Waals surface area contributed by atoms with Gasteiger partial charge in [-0.25, -0.2) is 0 Å². The molecule has 3 rings (SSSR count). The largest absolute Gasteiger partial charge is 0.867 e. The number of diazo groups is 1. The molecule has 15 heavy (non-hydrogen) atoms. The van der Waals surface area contributed by atoms with Crippen LogP contribution in [0.5, 0.6) is 5.75 Å². The van der Waals surface area contributed by atoms with Crippen molar-refractivity contribution >= 4 is 16.5 Å². The van der Waals surface area contributed by atoms with Gasteiger partial charge in [-0.1, -0.05) is 18.2 Å². The van der Waals surface area contributed by atoms with E-state index < -0.39 is 0 Å². The Balaban J connectivity index is 2.55. The van der Waals surface area contributed by atoms with Crippen LogP contribution >= 0.6 is 0 Å². The molecule has 0 saturated carbocycles. The van der Waals surface area contributed by atoms with Crippen molar-refractivity contribution in [3.05, 3.63) is 40.4 Å². The fourth-order valence-electron chi connectivity index (χ4n) is 2.36. The van der Waals surface area contributed by atoms with Gasteiger partial charge in [0.25, 0.3) is 0 Å².